The summed E-state index contributed by atoms with van der Waals surface area (Å²) < 4.78 is 47.7. The Morgan fingerprint density at radius 2 is 1.76 bits per heavy atom. The molecule has 0 aliphatic carbocycles. The quantitative estimate of drug-likeness (QED) is 0.329. The van der Waals surface area contributed by atoms with Crippen molar-refractivity contribution in [1.82, 2.24) is 41.5 Å². The van der Waals surface area contributed by atoms with E-state index in [9.17, 15) is 27.6 Å². The van der Waals surface area contributed by atoms with E-state index in [-0.39, 0.29) is 31.7 Å². The molecular formula is C31H39F3N8O4. The smallest absolute Gasteiger partial charge is 0.416 e. The molecule has 4 rings (SSSR count). The minimum Gasteiger partial charge on any atom is -0.492 e. The van der Waals surface area contributed by atoms with Gasteiger partial charge >= 0.3 is 6.18 Å². The maximum Gasteiger partial charge on any atom is 0.416 e. The summed E-state index contributed by atoms with van der Waals surface area (Å²) in [5.74, 6) is -0.963. The number of carbonyl (C=O) groups is 3. The van der Waals surface area contributed by atoms with Crippen LogP contribution in [0.25, 0.3) is 0 Å². The molecule has 12 nitrogen and oxygen atoms in total. The number of carbonyl (C=O) groups excluding carboxylic acids is 3. The van der Waals surface area contributed by atoms with Crippen molar-refractivity contribution in [3.05, 3.63) is 71.0 Å². The van der Waals surface area contributed by atoms with Crippen LogP contribution in [-0.4, -0.2) is 75.8 Å². The van der Waals surface area contributed by atoms with Gasteiger partial charge in [0.05, 0.1) is 18.2 Å². The predicted molar refractivity (Wildman–Crippen MR) is 161 cm³/mol. The van der Waals surface area contributed by atoms with E-state index in [1.165, 1.54) is 16.8 Å². The lowest BCUT2D eigenvalue weighted by Crippen LogP contribution is -2.59. The topological polar surface area (TPSA) is 152 Å². The van der Waals surface area contributed by atoms with Gasteiger partial charge in [-0.25, -0.2) is 4.68 Å². The van der Waals surface area contributed by atoms with Gasteiger partial charge in [-0.15, -0.1) is 5.10 Å². The van der Waals surface area contributed by atoms with Gasteiger partial charge < -0.3 is 26.0 Å². The highest BCUT2D eigenvalue weighted by Gasteiger charge is 2.33. The lowest BCUT2D eigenvalue weighted by Gasteiger charge is -2.27. The molecular weight excluding hydrogens is 605 g/mol. The second-order valence-corrected chi connectivity index (χ2v) is 11.5. The molecule has 1 aromatic heterocycles. The number of aryl methyl sites for hydroxylation is 2. The van der Waals surface area contributed by atoms with Crippen LogP contribution in [-0.2, 0) is 39.9 Å². The molecule has 0 unspecified atom stereocenters. The van der Waals surface area contributed by atoms with E-state index in [0.29, 0.717) is 31.0 Å². The number of hydrogen-bond acceptors (Lipinski definition) is 8. The summed E-state index contributed by atoms with van der Waals surface area (Å²) in [5.41, 5.74) is 0.382. The Balaban J connectivity index is 1.62. The highest BCUT2D eigenvalue weighted by atomic mass is 19.4. The van der Waals surface area contributed by atoms with E-state index in [2.05, 4.69) is 36.8 Å². The SMILES string of the molecule is Cc1nnnn1C[C@@H]1NC(=O)[C@@H](C(C)C)NC(=O)[C@@H](Cc2cccc(C(F)(F)F)c2)NCCOc2ccccc2CCCNC1=O. The number of ether oxygens (including phenoxy) is 1. The Morgan fingerprint density at radius 1 is 0.978 bits per heavy atom. The number of rotatable bonds is 5. The summed E-state index contributed by atoms with van der Waals surface area (Å²) in [6, 6.07) is 9.10. The van der Waals surface area contributed by atoms with Crippen LogP contribution >= 0.6 is 0 Å². The van der Waals surface area contributed by atoms with Crippen LogP contribution in [0.15, 0.2) is 48.5 Å². The zero-order valence-electron chi connectivity index (χ0n) is 25.9. The average Bonchev–Trinajstić information content (AvgIpc) is 3.42. The van der Waals surface area contributed by atoms with Crippen molar-refractivity contribution in [3.63, 3.8) is 0 Å². The minimum atomic E-state index is -4.55. The van der Waals surface area contributed by atoms with Gasteiger partial charge in [-0.05, 0) is 65.8 Å². The number of benzene rings is 2. The van der Waals surface area contributed by atoms with Crippen molar-refractivity contribution in [2.45, 2.75) is 70.9 Å². The van der Waals surface area contributed by atoms with Crippen molar-refractivity contribution in [2.75, 3.05) is 19.7 Å². The van der Waals surface area contributed by atoms with Crippen LogP contribution in [0.5, 0.6) is 5.75 Å². The van der Waals surface area contributed by atoms with E-state index in [0.717, 1.165) is 17.7 Å². The summed E-state index contributed by atoms with van der Waals surface area (Å²) in [5, 5.41) is 22.8. The van der Waals surface area contributed by atoms with Gasteiger partial charge in [-0.3, -0.25) is 14.4 Å². The monoisotopic (exact) mass is 644 g/mol. The second-order valence-electron chi connectivity index (χ2n) is 11.5. The molecule has 0 bridgehead atoms. The third-order valence-electron chi connectivity index (χ3n) is 7.60. The zero-order valence-corrected chi connectivity index (χ0v) is 25.9. The van der Waals surface area contributed by atoms with Crippen LogP contribution in [0, 0.1) is 12.8 Å². The Labute approximate surface area is 264 Å². The van der Waals surface area contributed by atoms with E-state index in [4.69, 9.17) is 4.74 Å². The summed E-state index contributed by atoms with van der Waals surface area (Å²) in [4.78, 5) is 40.6. The van der Waals surface area contributed by atoms with E-state index in [1.54, 1.807) is 20.8 Å². The number of hydrogen-bond donors (Lipinski definition) is 4. The molecule has 0 fully saturated rings. The lowest BCUT2D eigenvalue weighted by molar-refractivity contribution is -0.137. The molecule has 2 aromatic carbocycles. The van der Waals surface area contributed by atoms with Gasteiger partial charge in [0.15, 0.2) is 0 Å². The van der Waals surface area contributed by atoms with Gasteiger partial charge in [-0.2, -0.15) is 13.2 Å². The number of tetrazole rings is 1. The molecule has 3 amide bonds. The van der Waals surface area contributed by atoms with E-state index < -0.39 is 53.5 Å². The fourth-order valence-electron chi connectivity index (χ4n) is 5.06. The largest absolute Gasteiger partial charge is 0.492 e. The Hall–Kier alpha value is -4.53. The predicted octanol–water partition coefficient (Wildman–Crippen LogP) is 1.97. The van der Waals surface area contributed by atoms with E-state index in [1.807, 2.05) is 24.3 Å². The highest BCUT2D eigenvalue weighted by Crippen LogP contribution is 2.29. The Kier molecular flexibility index (Phi) is 11.7. The number of para-hydroxylation sites is 1. The van der Waals surface area contributed by atoms with Gasteiger partial charge in [-0.1, -0.05) is 50.2 Å². The minimum absolute atomic E-state index is 0.0500. The van der Waals surface area contributed by atoms with Crippen LogP contribution < -0.4 is 26.0 Å². The summed E-state index contributed by atoms with van der Waals surface area (Å²) in [6.07, 6.45) is -3.43. The van der Waals surface area contributed by atoms with Crippen molar-refractivity contribution in [3.8, 4) is 5.75 Å². The van der Waals surface area contributed by atoms with Crippen molar-refractivity contribution >= 4 is 17.7 Å². The first-order valence-corrected chi connectivity index (χ1v) is 15.1. The molecule has 3 atom stereocenters. The summed E-state index contributed by atoms with van der Waals surface area (Å²) >= 11 is 0. The van der Waals surface area contributed by atoms with Crippen molar-refractivity contribution in [2.24, 2.45) is 5.92 Å². The lowest BCUT2D eigenvalue weighted by atomic mass is 9.99. The average molecular weight is 645 g/mol. The maximum absolute atomic E-state index is 13.7. The zero-order chi connectivity index (χ0) is 33.3. The van der Waals surface area contributed by atoms with Crippen LogP contribution in [0.2, 0.25) is 0 Å². The number of fused-ring (bicyclic) bond motifs is 1. The van der Waals surface area contributed by atoms with Gasteiger partial charge in [0.2, 0.25) is 17.7 Å². The number of halogens is 3. The van der Waals surface area contributed by atoms with Gasteiger partial charge in [0.1, 0.15) is 30.3 Å². The number of nitrogens with one attached hydrogen (secondary N) is 4. The highest BCUT2D eigenvalue weighted by molar-refractivity contribution is 5.93. The Bertz CT molecular complexity index is 1500. The molecule has 1 aliphatic heterocycles. The third kappa shape index (κ3) is 9.49. The maximum atomic E-state index is 13.7. The molecule has 15 heteroatoms. The fourth-order valence-corrected chi connectivity index (χ4v) is 5.06. The molecule has 3 aromatic rings. The molecule has 0 spiro atoms. The summed E-state index contributed by atoms with van der Waals surface area (Å²) in [6.45, 7) is 5.78. The van der Waals surface area contributed by atoms with Gasteiger partial charge in [0, 0.05) is 13.1 Å². The molecule has 2 heterocycles. The van der Waals surface area contributed by atoms with Crippen LogP contribution in [0.3, 0.4) is 0 Å². The number of aromatic nitrogens is 4. The third-order valence-corrected chi connectivity index (χ3v) is 7.60. The first-order chi connectivity index (χ1) is 21.9. The second kappa shape index (κ2) is 15.7. The molecule has 1 aliphatic rings. The summed E-state index contributed by atoms with van der Waals surface area (Å²) in [7, 11) is 0. The Morgan fingerprint density at radius 3 is 2.48 bits per heavy atom. The van der Waals surface area contributed by atoms with Crippen molar-refractivity contribution in [1.29, 1.82) is 0 Å². The first-order valence-electron chi connectivity index (χ1n) is 15.1. The molecule has 0 radical (unpaired) electrons. The normalized spacial score (nSPS) is 20.8. The molecule has 46 heavy (non-hydrogen) atoms. The number of amides is 3. The fraction of sp³-hybridized carbons (Fsp3) is 0.484. The molecule has 248 valence electrons. The van der Waals surface area contributed by atoms with Crippen LogP contribution in [0.1, 0.15) is 42.8 Å². The number of nitrogens with zero attached hydrogens (tertiary/aromatic N) is 4. The van der Waals surface area contributed by atoms with E-state index >= 15 is 0 Å². The molecule has 4 N–H and O–H groups in total. The molecule has 0 saturated heterocycles. The van der Waals surface area contributed by atoms with Crippen molar-refractivity contribution < 1.29 is 32.3 Å². The van der Waals surface area contributed by atoms with Gasteiger partial charge in [0.25, 0.3) is 0 Å². The van der Waals surface area contributed by atoms with Crippen LogP contribution in [0.4, 0.5) is 13.2 Å². The molecule has 0 saturated carbocycles. The number of alkyl halides is 3. The first kappa shape index (κ1) is 34.3. The standard InChI is InChI=1S/C31H39F3N8O4/c1-19(2)27-30(45)37-25(18-42-20(3)39-40-41-42)28(43)36-13-7-10-22-9-4-5-12-26(22)46-15-14-35-24(29(44)38-27)17-21-8-6-11-23(16-21)31(32,33)34/h4-6,8-9,11-12,16,19,24-25,27,35H,7,10,13-15,17-18H2,1-3H3,(H,36,43)(H,37,45)(H,38,44)/t24-,25+,27-/m1/s1.